The molecule has 174 valence electrons. The van der Waals surface area contributed by atoms with E-state index in [9.17, 15) is 18.0 Å². The minimum atomic E-state index is -1.49. The lowest BCUT2D eigenvalue weighted by Gasteiger charge is -2.45. The first-order chi connectivity index (χ1) is 16.3. The van der Waals surface area contributed by atoms with Gasteiger partial charge in [0.2, 0.25) is 0 Å². The molecular weight excluding hydrogens is 443 g/mol. The molecule has 0 spiro atoms. The number of amides is 1. The van der Waals surface area contributed by atoms with Gasteiger partial charge in [-0.1, -0.05) is 6.07 Å². The maximum Gasteiger partial charge on any atom is 0.271 e. The molecule has 2 unspecified atom stereocenters. The minimum absolute atomic E-state index is 0.0725. The number of halogens is 3. The van der Waals surface area contributed by atoms with Crippen LogP contribution in [0.1, 0.15) is 52.7 Å². The number of carbonyl (C=O) groups excluding carboxylic acids is 1. The van der Waals surface area contributed by atoms with Crippen LogP contribution in [0.5, 0.6) is 0 Å². The molecule has 1 fully saturated rings. The number of aromatic nitrogens is 4. The minimum Gasteiger partial charge on any atom is -0.325 e. The molecule has 2 atom stereocenters. The standard InChI is InChI=1S/C25H22F3N5O/c1-13-12-32-20(7-4-8-21(32)29-13)25(34)33-15-5-3-6-19(33)23-16(11-15)24(31(2)30-23)14-9-17(26)22(28)18(27)10-14/h4,7-10,12,15,19H,3,5-6,11H2,1-2H3. The summed E-state index contributed by atoms with van der Waals surface area (Å²) in [5, 5.41) is 4.69. The quantitative estimate of drug-likeness (QED) is 0.402. The number of rotatable bonds is 2. The number of pyridine rings is 1. The summed E-state index contributed by atoms with van der Waals surface area (Å²) in [6.45, 7) is 1.89. The first-order valence-corrected chi connectivity index (χ1v) is 11.3. The molecule has 4 aromatic rings. The molecule has 2 aliphatic rings. The van der Waals surface area contributed by atoms with Crippen LogP contribution in [0, 0.1) is 24.4 Å². The molecule has 2 aliphatic heterocycles. The molecule has 34 heavy (non-hydrogen) atoms. The number of aryl methyl sites for hydroxylation is 2. The average molecular weight is 465 g/mol. The third-order valence-corrected chi connectivity index (χ3v) is 7.00. The maximum absolute atomic E-state index is 14.0. The largest absolute Gasteiger partial charge is 0.325 e. The van der Waals surface area contributed by atoms with Gasteiger partial charge in [-0.05, 0) is 56.9 Å². The smallest absolute Gasteiger partial charge is 0.271 e. The molecule has 1 aromatic carbocycles. The zero-order chi connectivity index (χ0) is 23.7. The lowest BCUT2D eigenvalue weighted by molar-refractivity contribution is 0.0384. The number of imidazole rings is 1. The van der Waals surface area contributed by atoms with Gasteiger partial charge in [-0.3, -0.25) is 13.9 Å². The predicted octanol–water partition coefficient (Wildman–Crippen LogP) is 4.75. The van der Waals surface area contributed by atoms with Gasteiger partial charge in [0.15, 0.2) is 17.5 Å². The van der Waals surface area contributed by atoms with Gasteiger partial charge in [0, 0.05) is 30.4 Å². The summed E-state index contributed by atoms with van der Waals surface area (Å²) >= 11 is 0. The molecule has 0 N–H and O–H groups in total. The van der Waals surface area contributed by atoms with Crippen LogP contribution in [0.25, 0.3) is 16.9 Å². The van der Waals surface area contributed by atoms with Crippen molar-refractivity contribution in [1.29, 1.82) is 0 Å². The molecule has 9 heteroatoms. The molecule has 3 aromatic heterocycles. The number of carbonyl (C=O) groups is 1. The van der Waals surface area contributed by atoms with Gasteiger partial charge in [0.1, 0.15) is 11.3 Å². The first-order valence-electron chi connectivity index (χ1n) is 11.3. The summed E-state index contributed by atoms with van der Waals surface area (Å²) < 4.78 is 45.0. The van der Waals surface area contributed by atoms with Crippen LogP contribution in [0.2, 0.25) is 0 Å². The van der Waals surface area contributed by atoms with E-state index in [4.69, 9.17) is 0 Å². The Morgan fingerprint density at radius 1 is 1.12 bits per heavy atom. The monoisotopic (exact) mass is 465 g/mol. The van der Waals surface area contributed by atoms with Crippen molar-refractivity contribution in [2.75, 3.05) is 0 Å². The summed E-state index contributed by atoms with van der Waals surface area (Å²) in [6, 6.07) is 7.19. The zero-order valence-corrected chi connectivity index (χ0v) is 18.7. The Morgan fingerprint density at radius 3 is 2.65 bits per heavy atom. The van der Waals surface area contributed by atoms with Gasteiger partial charge in [0.25, 0.3) is 5.91 Å². The normalized spacial score (nSPS) is 19.5. The fraction of sp³-hybridized carbons (Fsp3) is 0.320. The Bertz CT molecular complexity index is 1450. The maximum atomic E-state index is 14.0. The fourth-order valence-corrected chi connectivity index (χ4v) is 5.64. The fourth-order valence-electron chi connectivity index (χ4n) is 5.64. The number of piperidine rings is 1. The Kier molecular flexibility index (Phi) is 4.59. The van der Waals surface area contributed by atoms with E-state index >= 15 is 0 Å². The van der Waals surface area contributed by atoms with E-state index in [1.165, 1.54) is 0 Å². The lowest BCUT2D eigenvalue weighted by Crippen LogP contribution is -2.50. The SMILES string of the molecule is Cc1cn2c(C(=O)N3C4CCCC3c3nn(C)c(-c5cc(F)c(F)c(F)c5)c3C4)cccc2n1. The van der Waals surface area contributed by atoms with Crippen LogP contribution in [-0.4, -0.2) is 36.0 Å². The molecule has 6 nitrogen and oxygen atoms in total. The van der Waals surface area contributed by atoms with E-state index in [0.717, 1.165) is 48.3 Å². The molecule has 1 saturated heterocycles. The average Bonchev–Trinajstić information content (AvgIpc) is 3.34. The van der Waals surface area contributed by atoms with Gasteiger partial charge in [-0.2, -0.15) is 5.10 Å². The highest BCUT2D eigenvalue weighted by molar-refractivity contribution is 5.94. The Hall–Kier alpha value is -3.62. The summed E-state index contributed by atoms with van der Waals surface area (Å²) in [5.41, 5.74) is 4.48. The molecule has 2 bridgehead atoms. The van der Waals surface area contributed by atoms with Crippen LogP contribution in [0.3, 0.4) is 0 Å². The highest BCUT2D eigenvalue weighted by Crippen LogP contribution is 2.45. The highest BCUT2D eigenvalue weighted by Gasteiger charge is 2.44. The number of hydrogen-bond donors (Lipinski definition) is 0. The Morgan fingerprint density at radius 2 is 1.88 bits per heavy atom. The second-order valence-corrected chi connectivity index (χ2v) is 9.13. The Balaban J connectivity index is 1.45. The van der Waals surface area contributed by atoms with Crippen molar-refractivity contribution in [2.24, 2.45) is 7.05 Å². The molecule has 1 amide bonds. The van der Waals surface area contributed by atoms with Crippen molar-refractivity contribution >= 4 is 11.6 Å². The number of nitrogens with zero attached hydrogens (tertiary/aromatic N) is 5. The van der Waals surface area contributed by atoms with E-state index in [-0.39, 0.29) is 23.6 Å². The summed E-state index contributed by atoms with van der Waals surface area (Å²) in [6.07, 6.45) is 4.89. The summed E-state index contributed by atoms with van der Waals surface area (Å²) in [5.74, 6) is -4.05. The summed E-state index contributed by atoms with van der Waals surface area (Å²) in [4.78, 5) is 20.2. The van der Waals surface area contributed by atoms with E-state index in [1.54, 1.807) is 17.8 Å². The molecular formula is C25H22F3N5O. The third-order valence-electron chi connectivity index (χ3n) is 7.00. The van der Waals surface area contributed by atoms with Crippen molar-refractivity contribution in [1.82, 2.24) is 24.1 Å². The molecule has 0 aliphatic carbocycles. The highest BCUT2D eigenvalue weighted by atomic mass is 19.2. The second-order valence-electron chi connectivity index (χ2n) is 9.13. The van der Waals surface area contributed by atoms with Gasteiger partial charge in [-0.15, -0.1) is 0 Å². The summed E-state index contributed by atoms with van der Waals surface area (Å²) in [7, 11) is 1.71. The van der Waals surface area contributed by atoms with Gasteiger partial charge in [0.05, 0.1) is 23.1 Å². The van der Waals surface area contributed by atoms with E-state index in [0.29, 0.717) is 23.5 Å². The van der Waals surface area contributed by atoms with Crippen molar-refractivity contribution in [3.8, 4) is 11.3 Å². The molecule has 0 radical (unpaired) electrons. The van der Waals surface area contributed by atoms with Crippen LogP contribution in [0.4, 0.5) is 13.2 Å². The van der Waals surface area contributed by atoms with Crippen molar-refractivity contribution in [2.45, 2.75) is 44.7 Å². The van der Waals surface area contributed by atoms with Crippen LogP contribution in [0.15, 0.2) is 36.5 Å². The van der Waals surface area contributed by atoms with E-state index in [2.05, 4.69) is 10.1 Å². The number of fused-ring (bicyclic) bond motifs is 5. The van der Waals surface area contributed by atoms with Crippen LogP contribution < -0.4 is 0 Å². The van der Waals surface area contributed by atoms with E-state index in [1.807, 2.05) is 34.6 Å². The first kappa shape index (κ1) is 20.9. The third kappa shape index (κ3) is 2.99. The number of hydrogen-bond acceptors (Lipinski definition) is 3. The topological polar surface area (TPSA) is 55.4 Å². The van der Waals surface area contributed by atoms with Crippen LogP contribution in [-0.2, 0) is 13.5 Å². The van der Waals surface area contributed by atoms with Gasteiger partial charge < -0.3 is 4.90 Å². The molecule has 6 rings (SSSR count). The zero-order valence-electron chi connectivity index (χ0n) is 18.7. The molecule has 5 heterocycles. The van der Waals surface area contributed by atoms with Crippen molar-refractivity contribution in [3.05, 3.63) is 76.6 Å². The molecule has 0 saturated carbocycles. The van der Waals surface area contributed by atoms with Crippen molar-refractivity contribution in [3.63, 3.8) is 0 Å². The van der Waals surface area contributed by atoms with Gasteiger partial charge >= 0.3 is 0 Å². The van der Waals surface area contributed by atoms with Crippen LogP contribution >= 0.6 is 0 Å². The lowest BCUT2D eigenvalue weighted by atomic mass is 9.81. The number of benzene rings is 1. The van der Waals surface area contributed by atoms with E-state index < -0.39 is 17.5 Å². The Labute approximate surface area is 193 Å². The predicted molar refractivity (Wildman–Crippen MR) is 119 cm³/mol. The van der Waals surface area contributed by atoms with Gasteiger partial charge in [-0.25, -0.2) is 18.2 Å². The van der Waals surface area contributed by atoms with Crippen molar-refractivity contribution < 1.29 is 18.0 Å². The second kappa shape index (κ2) is 7.44.